The number of pyridine rings is 1. The van der Waals surface area contributed by atoms with Gasteiger partial charge in [0, 0.05) is 25.8 Å². The summed E-state index contributed by atoms with van der Waals surface area (Å²) < 4.78 is 10.9. The number of hydrogen-bond acceptors (Lipinski definition) is 5. The smallest absolute Gasteiger partial charge is 0.409 e. The maximum absolute atomic E-state index is 12.0. The number of nitrogens with one attached hydrogen (secondary N) is 1. The van der Waals surface area contributed by atoms with E-state index in [9.17, 15) is 9.59 Å². The van der Waals surface area contributed by atoms with Gasteiger partial charge in [0.1, 0.15) is 11.3 Å². The van der Waals surface area contributed by atoms with Crippen molar-refractivity contribution in [3.63, 3.8) is 0 Å². The van der Waals surface area contributed by atoms with Crippen molar-refractivity contribution >= 4 is 23.8 Å². The van der Waals surface area contributed by atoms with E-state index < -0.39 is 6.09 Å². The molecule has 0 aromatic carbocycles. The van der Waals surface area contributed by atoms with Crippen molar-refractivity contribution in [3.05, 3.63) is 29.0 Å². The number of nitrogens with zero attached hydrogens (tertiary/aromatic N) is 2. The number of likely N-dealkylation sites (tertiary alicyclic amines) is 1. The molecule has 0 bridgehead atoms. The molecular weight excluding hydrogens is 370 g/mol. The van der Waals surface area contributed by atoms with Crippen LogP contribution in [0.3, 0.4) is 0 Å². The lowest BCUT2D eigenvalue weighted by molar-refractivity contribution is 0.0442. The molecule has 1 aromatic rings. The highest BCUT2D eigenvalue weighted by Crippen LogP contribution is 2.27. The fourth-order valence-corrected chi connectivity index (χ4v) is 3.71. The van der Waals surface area contributed by atoms with Crippen LogP contribution in [0.25, 0.3) is 0 Å². The van der Waals surface area contributed by atoms with Gasteiger partial charge in [-0.25, -0.2) is 14.6 Å². The SMILES string of the molecule is O=C(NCc1ccnc(Cl)c1)OC1CCC(COC(=O)N2CCCC2)CC1. The van der Waals surface area contributed by atoms with Gasteiger partial charge in [0.15, 0.2) is 0 Å². The molecule has 2 heterocycles. The standard InChI is InChI=1S/C19H26ClN3O4/c20-17-11-15(7-8-21-17)12-22-18(24)27-16-5-3-14(4-6-16)13-26-19(25)23-9-1-2-10-23/h7-8,11,14,16H,1-6,9-10,12-13H2,(H,22,24). The van der Waals surface area contributed by atoms with Crippen LogP contribution in [0.15, 0.2) is 18.3 Å². The number of alkyl carbamates (subject to hydrolysis) is 1. The second kappa shape index (κ2) is 9.78. The summed E-state index contributed by atoms with van der Waals surface area (Å²) in [4.78, 5) is 29.6. The first-order valence-corrected chi connectivity index (χ1v) is 9.94. The van der Waals surface area contributed by atoms with Crippen molar-refractivity contribution in [2.24, 2.45) is 5.92 Å². The van der Waals surface area contributed by atoms with Gasteiger partial charge in [-0.2, -0.15) is 0 Å². The summed E-state index contributed by atoms with van der Waals surface area (Å²) in [5, 5.41) is 3.13. The molecule has 1 aromatic heterocycles. The van der Waals surface area contributed by atoms with Crippen LogP contribution in [0, 0.1) is 5.92 Å². The Morgan fingerprint density at radius 1 is 1.22 bits per heavy atom. The monoisotopic (exact) mass is 395 g/mol. The lowest BCUT2D eigenvalue weighted by Gasteiger charge is -2.28. The number of halogens is 1. The number of hydrogen-bond donors (Lipinski definition) is 1. The lowest BCUT2D eigenvalue weighted by atomic mass is 9.88. The molecule has 1 N–H and O–H groups in total. The Morgan fingerprint density at radius 2 is 1.96 bits per heavy atom. The molecule has 148 valence electrons. The molecule has 0 unspecified atom stereocenters. The largest absolute Gasteiger partial charge is 0.449 e. The number of carbonyl (C=O) groups is 2. The fraction of sp³-hybridized carbons (Fsp3) is 0.632. The minimum atomic E-state index is -0.424. The van der Waals surface area contributed by atoms with Gasteiger partial charge in [-0.1, -0.05) is 11.6 Å². The molecule has 2 fully saturated rings. The maximum atomic E-state index is 12.0. The molecule has 1 saturated carbocycles. The highest BCUT2D eigenvalue weighted by Gasteiger charge is 2.26. The Kier molecular flexibility index (Phi) is 7.15. The van der Waals surface area contributed by atoms with Crippen molar-refractivity contribution in [3.8, 4) is 0 Å². The first kappa shape index (κ1) is 19.7. The summed E-state index contributed by atoms with van der Waals surface area (Å²) in [6.45, 7) is 2.42. The van der Waals surface area contributed by atoms with E-state index in [0.717, 1.165) is 57.2 Å². The van der Waals surface area contributed by atoms with Crippen molar-refractivity contribution in [1.29, 1.82) is 0 Å². The minimum absolute atomic E-state index is 0.0865. The van der Waals surface area contributed by atoms with E-state index in [4.69, 9.17) is 21.1 Å². The molecule has 1 aliphatic heterocycles. The van der Waals surface area contributed by atoms with E-state index in [1.807, 2.05) is 0 Å². The number of aromatic nitrogens is 1. The minimum Gasteiger partial charge on any atom is -0.449 e. The van der Waals surface area contributed by atoms with E-state index in [0.29, 0.717) is 24.2 Å². The van der Waals surface area contributed by atoms with Crippen LogP contribution >= 0.6 is 11.6 Å². The Labute approximate surface area is 164 Å². The van der Waals surface area contributed by atoms with Gasteiger partial charge >= 0.3 is 12.2 Å². The predicted octanol–water partition coefficient (Wildman–Crippen LogP) is 3.75. The fourth-order valence-electron chi connectivity index (χ4n) is 3.52. The number of amides is 2. The highest BCUT2D eigenvalue weighted by atomic mass is 35.5. The summed E-state index contributed by atoms with van der Waals surface area (Å²) in [6, 6.07) is 3.50. The number of ether oxygens (including phenoxy) is 2. The molecule has 2 amide bonds. The van der Waals surface area contributed by atoms with Gasteiger partial charge in [0.05, 0.1) is 6.61 Å². The molecule has 3 rings (SSSR count). The first-order chi connectivity index (χ1) is 13.1. The van der Waals surface area contributed by atoms with Crippen molar-refractivity contribution in [2.75, 3.05) is 19.7 Å². The normalized spacial score (nSPS) is 22.3. The zero-order chi connectivity index (χ0) is 19.1. The molecular formula is C19H26ClN3O4. The molecule has 8 heteroatoms. The molecule has 1 aliphatic carbocycles. The predicted molar refractivity (Wildman–Crippen MR) is 100 cm³/mol. The maximum Gasteiger partial charge on any atom is 0.409 e. The summed E-state index contributed by atoms with van der Waals surface area (Å²) in [6.07, 6.45) is 6.39. The molecule has 7 nitrogen and oxygen atoms in total. The van der Waals surface area contributed by atoms with E-state index in [-0.39, 0.29) is 12.2 Å². The zero-order valence-corrected chi connectivity index (χ0v) is 16.1. The highest BCUT2D eigenvalue weighted by molar-refractivity contribution is 6.29. The topological polar surface area (TPSA) is 80.8 Å². The first-order valence-electron chi connectivity index (χ1n) is 9.57. The summed E-state index contributed by atoms with van der Waals surface area (Å²) >= 11 is 5.82. The second-order valence-corrected chi connectivity index (χ2v) is 7.55. The quantitative estimate of drug-likeness (QED) is 0.768. The van der Waals surface area contributed by atoms with Crippen LogP contribution in [0.4, 0.5) is 9.59 Å². The molecule has 0 atom stereocenters. The van der Waals surface area contributed by atoms with E-state index in [1.165, 1.54) is 0 Å². The van der Waals surface area contributed by atoms with Crippen molar-refractivity contribution < 1.29 is 19.1 Å². The number of rotatable bonds is 5. The molecule has 27 heavy (non-hydrogen) atoms. The Bertz CT molecular complexity index is 644. The zero-order valence-electron chi connectivity index (χ0n) is 15.4. The molecule has 0 spiro atoms. The van der Waals surface area contributed by atoms with Gasteiger partial charge in [-0.05, 0) is 62.1 Å². The van der Waals surface area contributed by atoms with Gasteiger partial charge in [0.25, 0.3) is 0 Å². The van der Waals surface area contributed by atoms with Crippen LogP contribution in [0.1, 0.15) is 44.1 Å². The third-order valence-corrected chi connectivity index (χ3v) is 5.31. The molecule has 2 aliphatic rings. The average molecular weight is 396 g/mol. The summed E-state index contributed by atoms with van der Waals surface area (Å²) in [7, 11) is 0. The third kappa shape index (κ3) is 6.27. The second-order valence-electron chi connectivity index (χ2n) is 7.16. The van der Waals surface area contributed by atoms with Gasteiger partial charge in [-0.15, -0.1) is 0 Å². The summed E-state index contributed by atoms with van der Waals surface area (Å²) in [5.41, 5.74) is 0.871. The molecule has 1 saturated heterocycles. The van der Waals surface area contributed by atoms with Crippen LogP contribution in [0.5, 0.6) is 0 Å². The van der Waals surface area contributed by atoms with E-state index in [1.54, 1.807) is 23.2 Å². The lowest BCUT2D eigenvalue weighted by Crippen LogP contribution is -2.33. The van der Waals surface area contributed by atoms with Gasteiger partial charge in [0.2, 0.25) is 0 Å². The Hall–Kier alpha value is -2.02. The Balaban J connectivity index is 1.30. The number of carbonyl (C=O) groups excluding carboxylic acids is 2. The average Bonchev–Trinajstić information content (AvgIpc) is 3.21. The van der Waals surface area contributed by atoms with Gasteiger partial charge in [-0.3, -0.25) is 0 Å². The van der Waals surface area contributed by atoms with Crippen LogP contribution in [-0.4, -0.2) is 47.9 Å². The Morgan fingerprint density at radius 3 is 2.67 bits per heavy atom. The van der Waals surface area contributed by atoms with Crippen LogP contribution in [-0.2, 0) is 16.0 Å². The van der Waals surface area contributed by atoms with Crippen LogP contribution in [0.2, 0.25) is 5.15 Å². The molecule has 0 radical (unpaired) electrons. The van der Waals surface area contributed by atoms with Crippen molar-refractivity contribution in [2.45, 2.75) is 51.2 Å². The van der Waals surface area contributed by atoms with Gasteiger partial charge < -0.3 is 19.7 Å². The van der Waals surface area contributed by atoms with E-state index >= 15 is 0 Å². The van der Waals surface area contributed by atoms with Crippen LogP contribution < -0.4 is 5.32 Å². The summed E-state index contributed by atoms with van der Waals surface area (Å²) in [5.74, 6) is 0.346. The third-order valence-electron chi connectivity index (χ3n) is 5.10. The van der Waals surface area contributed by atoms with E-state index in [2.05, 4.69) is 10.3 Å². The van der Waals surface area contributed by atoms with Crippen molar-refractivity contribution in [1.82, 2.24) is 15.2 Å².